The van der Waals surface area contributed by atoms with Crippen molar-refractivity contribution in [3.63, 3.8) is 0 Å². The Morgan fingerprint density at radius 3 is 2.68 bits per heavy atom. The van der Waals surface area contributed by atoms with Crippen molar-refractivity contribution in [3.05, 3.63) is 23.8 Å². The van der Waals surface area contributed by atoms with Crippen molar-refractivity contribution >= 4 is 29.2 Å². The first-order valence-corrected chi connectivity index (χ1v) is 5.60. The summed E-state index contributed by atoms with van der Waals surface area (Å²) in [6.07, 6.45) is 0.0127. The molecule has 19 heavy (non-hydrogen) atoms. The van der Waals surface area contributed by atoms with E-state index in [9.17, 15) is 14.4 Å². The molecule has 7 nitrogen and oxygen atoms in total. The Hall–Kier alpha value is -2.57. The van der Waals surface area contributed by atoms with Crippen molar-refractivity contribution in [2.75, 3.05) is 18.1 Å². The van der Waals surface area contributed by atoms with E-state index in [1.54, 1.807) is 0 Å². The molecule has 2 rings (SSSR count). The van der Waals surface area contributed by atoms with E-state index in [-0.39, 0.29) is 29.5 Å². The molecule has 0 aromatic heterocycles. The molecule has 0 radical (unpaired) electrons. The minimum absolute atomic E-state index is 0.0127. The van der Waals surface area contributed by atoms with Gasteiger partial charge >= 0.3 is 5.97 Å². The molecule has 0 bridgehead atoms. The number of likely N-dealkylation sites (N-methyl/N-ethyl adjacent to an activating group) is 1. The third-order valence-electron chi connectivity index (χ3n) is 2.99. The Morgan fingerprint density at radius 1 is 1.47 bits per heavy atom. The number of carbonyl (C=O) groups excluding carboxylic acids is 2. The Morgan fingerprint density at radius 2 is 2.16 bits per heavy atom. The predicted molar refractivity (Wildman–Crippen MR) is 67.6 cm³/mol. The zero-order valence-corrected chi connectivity index (χ0v) is 10.2. The van der Waals surface area contributed by atoms with Gasteiger partial charge in [0.15, 0.2) is 0 Å². The number of imide groups is 1. The van der Waals surface area contributed by atoms with Gasteiger partial charge in [-0.25, -0.2) is 4.79 Å². The normalized spacial score (nSPS) is 18.8. The lowest BCUT2D eigenvalue weighted by molar-refractivity contribution is -0.136. The van der Waals surface area contributed by atoms with Gasteiger partial charge in [-0.2, -0.15) is 0 Å². The molecular formula is C12H13N3O4. The van der Waals surface area contributed by atoms with Crippen molar-refractivity contribution in [2.24, 2.45) is 0 Å². The van der Waals surface area contributed by atoms with E-state index in [0.29, 0.717) is 5.69 Å². The summed E-state index contributed by atoms with van der Waals surface area (Å²) < 4.78 is 0. The number of nitrogen functional groups attached to an aromatic ring is 1. The summed E-state index contributed by atoms with van der Waals surface area (Å²) in [6.45, 7) is 0. The third-order valence-corrected chi connectivity index (χ3v) is 2.99. The van der Waals surface area contributed by atoms with Crippen LogP contribution in [0.2, 0.25) is 0 Å². The number of amides is 2. The van der Waals surface area contributed by atoms with E-state index in [4.69, 9.17) is 10.8 Å². The van der Waals surface area contributed by atoms with Crippen LogP contribution >= 0.6 is 0 Å². The monoisotopic (exact) mass is 263 g/mol. The van der Waals surface area contributed by atoms with Crippen LogP contribution in [-0.2, 0) is 9.59 Å². The van der Waals surface area contributed by atoms with Gasteiger partial charge in [-0.3, -0.25) is 14.5 Å². The molecule has 100 valence electrons. The highest BCUT2D eigenvalue weighted by Gasteiger charge is 2.36. The van der Waals surface area contributed by atoms with Gasteiger partial charge in [0.1, 0.15) is 6.04 Å². The van der Waals surface area contributed by atoms with Crippen LogP contribution in [0.5, 0.6) is 0 Å². The molecule has 2 amide bonds. The van der Waals surface area contributed by atoms with Gasteiger partial charge < -0.3 is 16.2 Å². The molecule has 1 aromatic rings. The number of nitrogens with two attached hydrogens (primary N) is 1. The Kier molecular flexibility index (Phi) is 3.12. The summed E-state index contributed by atoms with van der Waals surface area (Å²) in [5, 5.41) is 11.9. The van der Waals surface area contributed by atoms with Crippen LogP contribution in [0.4, 0.5) is 11.4 Å². The first kappa shape index (κ1) is 12.9. The number of carboxylic acid groups (broad SMARTS) is 1. The van der Waals surface area contributed by atoms with Gasteiger partial charge in [-0.05, 0) is 18.2 Å². The second kappa shape index (κ2) is 4.60. The lowest BCUT2D eigenvalue weighted by Crippen LogP contribution is -2.32. The van der Waals surface area contributed by atoms with Gasteiger partial charge in [0, 0.05) is 18.4 Å². The molecule has 1 aromatic carbocycles. The molecule has 1 aliphatic heterocycles. The van der Waals surface area contributed by atoms with E-state index in [0.717, 1.165) is 4.90 Å². The molecule has 0 saturated carbocycles. The van der Waals surface area contributed by atoms with E-state index in [2.05, 4.69) is 5.32 Å². The molecule has 1 saturated heterocycles. The van der Waals surface area contributed by atoms with Crippen LogP contribution in [0.15, 0.2) is 18.2 Å². The summed E-state index contributed by atoms with van der Waals surface area (Å²) in [5.74, 6) is -1.83. The van der Waals surface area contributed by atoms with Crippen molar-refractivity contribution in [1.29, 1.82) is 0 Å². The highest BCUT2D eigenvalue weighted by Crippen LogP contribution is 2.23. The number of rotatable bonds is 3. The fourth-order valence-corrected chi connectivity index (χ4v) is 1.92. The molecule has 1 aliphatic rings. The molecule has 0 aliphatic carbocycles. The van der Waals surface area contributed by atoms with Crippen LogP contribution < -0.4 is 11.1 Å². The number of hydrogen-bond donors (Lipinski definition) is 3. The molecule has 0 spiro atoms. The maximum atomic E-state index is 11.7. The topological polar surface area (TPSA) is 113 Å². The molecule has 4 N–H and O–H groups in total. The fourth-order valence-electron chi connectivity index (χ4n) is 1.92. The highest BCUT2D eigenvalue weighted by molar-refractivity contribution is 6.07. The van der Waals surface area contributed by atoms with Crippen molar-refractivity contribution in [3.8, 4) is 0 Å². The minimum atomic E-state index is -1.15. The van der Waals surface area contributed by atoms with Crippen LogP contribution in [0.3, 0.4) is 0 Å². The largest absolute Gasteiger partial charge is 0.478 e. The number of carboxylic acids is 1. The van der Waals surface area contributed by atoms with Crippen LogP contribution in [-0.4, -0.2) is 40.9 Å². The Balaban J connectivity index is 2.27. The average molecular weight is 263 g/mol. The number of hydrogen-bond acceptors (Lipinski definition) is 5. The molecule has 1 atom stereocenters. The first-order chi connectivity index (χ1) is 8.90. The van der Waals surface area contributed by atoms with Crippen LogP contribution in [0, 0.1) is 0 Å². The van der Waals surface area contributed by atoms with E-state index >= 15 is 0 Å². The number of benzene rings is 1. The van der Waals surface area contributed by atoms with Gasteiger partial charge in [-0.1, -0.05) is 0 Å². The standard InChI is InChI=1S/C12H13N3O4/c1-15-10(16)5-9(11(15)17)14-8-3-2-6(13)4-7(8)12(18)19/h2-4,9,14H,5,13H2,1H3,(H,18,19). The maximum Gasteiger partial charge on any atom is 0.337 e. The number of likely N-dealkylation sites (tertiary alicyclic amines) is 1. The van der Waals surface area contributed by atoms with Gasteiger partial charge in [0.25, 0.3) is 5.91 Å². The van der Waals surface area contributed by atoms with Gasteiger partial charge in [-0.15, -0.1) is 0 Å². The zero-order chi connectivity index (χ0) is 14.2. The second-order valence-corrected chi connectivity index (χ2v) is 4.30. The smallest absolute Gasteiger partial charge is 0.337 e. The quantitative estimate of drug-likeness (QED) is 0.528. The van der Waals surface area contributed by atoms with Gasteiger partial charge in [0.2, 0.25) is 5.91 Å². The number of aromatic carboxylic acids is 1. The fraction of sp³-hybridized carbons (Fsp3) is 0.250. The van der Waals surface area contributed by atoms with Crippen LogP contribution in [0.1, 0.15) is 16.8 Å². The highest BCUT2D eigenvalue weighted by atomic mass is 16.4. The maximum absolute atomic E-state index is 11.7. The third kappa shape index (κ3) is 2.35. The average Bonchev–Trinajstić information content (AvgIpc) is 2.59. The number of carbonyl (C=O) groups is 3. The molecule has 7 heteroatoms. The summed E-state index contributed by atoms with van der Waals surface area (Å²) in [4.78, 5) is 35.2. The first-order valence-electron chi connectivity index (χ1n) is 5.60. The van der Waals surface area contributed by atoms with E-state index in [1.807, 2.05) is 0 Å². The molecule has 1 unspecified atom stereocenters. The van der Waals surface area contributed by atoms with Crippen molar-refractivity contribution < 1.29 is 19.5 Å². The minimum Gasteiger partial charge on any atom is -0.478 e. The zero-order valence-electron chi connectivity index (χ0n) is 10.2. The lowest BCUT2D eigenvalue weighted by Gasteiger charge is -2.14. The Bertz CT molecular complexity index is 570. The summed E-state index contributed by atoms with van der Waals surface area (Å²) in [6, 6.07) is 3.57. The second-order valence-electron chi connectivity index (χ2n) is 4.30. The molecule has 1 fully saturated rings. The summed E-state index contributed by atoms with van der Waals surface area (Å²) in [7, 11) is 1.40. The predicted octanol–water partition coefficient (Wildman–Crippen LogP) is 0.136. The van der Waals surface area contributed by atoms with E-state index in [1.165, 1.54) is 25.2 Å². The van der Waals surface area contributed by atoms with Gasteiger partial charge in [0.05, 0.1) is 12.0 Å². The van der Waals surface area contributed by atoms with Crippen molar-refractivity contribution in [2.45, 2.75) is 12.5 Å². The summed E-state index contributed by atoms with van der Waals surface area (Å²) >= 11 is 0. The molecular weight excluding hydrogens is 250 g/mol. The van der Waals surface area contributed by atoms with Crippen LogP contribution in [0.25, 0.3) is 0 Å². The number of nitrogens with one attached hydrogen (secondary N) is 1. The van der Waals surface area contributed by atoms with E-state index < -0.39 is 12.0 Å². The van der Waals surface area contributed by atoms with Crippen molar-refractivity contribution in [1.82, 2.24) is 4.90 Å². The Labute approximate surface area is 109 Å². The molecule has 1 heterocycles. The SMILES string of the molecule is CN1C(=O)CC(Nc2ccc(N)cc2C(=O)O)C1=O. The number of nitrogens with zero attached hydrogens (tertiary/aromatic N) is 1. The summed E-state index contributed by atoms with van der Waals surface area (Å²) in [5.41, 5.74) is 6.07. The lowest BCUT2D eigenvalue weighted by atomic mass is 10.1. The number of anilines is 2.